The van der Waals surface area contributed by atoms with Crippen LogP contribution in [0.1, 0.15) is 24.3 Å². The van der Waals surface area contributed by atoms with Gasteiger partial charge in [-0.1, -0.05) is 0 Å². The summed E-state index contributed by atoms with van der Waals surface area (Å²) >= 11 is 0. The number of H-pyrrole nitrogens is 1. The maximum Gasteiger partial charge on any atom is 0.164 e. The van der Waals surface area contributed by atoms with Gasteiger partial charge < -0.3 is 0 Å². The van der Waals surface area contributed by atoms with Gasteiger partial charge >= 0.3 is 0 Å². The summed E-state index contributed by atoms with van der Waals surface area (Å²) < 4.78 is 0. The molecule has 0 aliphatic rings. The van der Waals surface area contributed by atoms with Crippen LogP contribution in [0.15, 0.2) is 18.6 Å². The quantitative estimate of drug-likeness (QED) is 0.851. The summed E-state index contributed by atoms with van der Waals surface area (Å²) in [6.45, 7) is 4.79. The van der Waals surface area contributed by atoms with Crippen molar-refractivity contribution in [3.63, 3.8) is 0 Å². The molecule has 0 unspecified atom stereocenters. The zero-order valence-electron chi connectivity index (χ0n) is 11.0. The van der Waals surface area contributed by atoms with Gasteiger partial charge in [-0.3, -0.25) is 20.0 Å². The van der Waals surface area contributed by atoms with Gasteiger partial charge in [0.2, 0.25) is 0 Å². The lowest BCUT2D eigenvalue weighted by molar-refractivity contribution is 0.241. The highest BCUT2D eigenvalue weighted by atomic mass is 15.2. The summed E-state index contributed by atoms with van der Waals surface area (Å²) in [4.78, 5) is 14.9. The molecule has 1 N–H and O–H groups in total. The van der Waals surface area contributed by atoms with Crippen LogP contribution in [0.2, 0.25) is 0 Å². The number of nitrogens with one attached hydrogen (secondary N) is 1. The Labute approximate surface area is 106 Å². The van der Waals surface area contributed by atoms with E-state index in [1.165, 1.54) is 0 Å². The van der Waals surface area contributed by atoms with Crippen LogP contribution in [0.3, 0.4) is 0 Å². The van der Waals surface area contributed by atoms with Crippen LogP contribution in [-0.4, -0.2) is 43.1 Å². The minimum atomic E-state index is 0.362. The summed E-state index contributed by atoms with van der Waals surface area (Å²) in [5.41, 5.74) is 1.00. The normalized spacial score (nSPS) is 12.9. The fraction of sp³-hybridized carbons (Fsp3) is 0.500. The first-order valence-corrected chi connectivity index (χ1v) is 5.98. The molecule has 0 spiro atoms. The lowest BCUT2D eigenvalue weighted by Gasteiger charge is -2.22. The first-order chi connectivity index (χ1) is 8.65. The van der Waals surface area contributed by atoms with E-state index in [0.29, 0.717) is 6.04 Å². The number of likely N-dealkylation sites (N-methyl/N-ethyl adjacent to an activating group) is 1. The molecule has 0 bridgehead atoms. The predicted octanol–water partition coefficient (Wildman–Crippen LogP) is 0.966. The van der Waals surface area contributed by atoms with Crippen molar-refractivity contribution < 1.29 is 0 Å². The molecule has 0 radical (unpaired) electrons. The lowest BCUT2D eigenvalue weighted by atomic mass is 10.1. The first kappa shape index (κ1) is 12.6. The second-order valence-corrected chi connectivity index (χ2v) is 4.50. The van der Waals surface area contributed by atoms with Gasteiger partial charge in [0.25, 0.3) is 0 Å². The summed E-state index contributed by atoms with van der Waals surface area (Å²) in [7, 11) is 2.06. The second kappa shape index (κ2) is 5.68. The van der Waals surface area contributed by atoms with Crippen molar-refractivity contribution in [2.45, 2.75) is 32.9 Å². The van der Waals surface area contributed by atoms with Gasteiger partial charge in [0.1, 0.15) is 5.82 Å². The van der Waals surface area contributed by atoms with Gasteiger partial charge in [0, 0.05) is 31.1 Å². The topological polar surface area (TPSA) is 70.6 Å². The molecule has 2 aromatic heterocycles. The van der Waals surface area contributed by atoms with Crippen molar-refractivity contribution >= 4 is 0 Å². The molecule has 1 atom stereocenters. The average molecular weight is 246 g/mol. The Hall–Kier alpha value is -1.82. The molecule has 2 aromatic rings. The van der Waals surface area contributed by atoms with Crippen molar-refractivity contribution in [1.82, 2.24) is 30.0 Å². The Kier molecular flexibility index (Phi) is 3.99. The molecule has 96 valence electrons. The Morgan fingerprint density at radius 1 is 1.39 bits per heavy atom. The Morgan fingerprint density at radius 2 is 2.22 bits per heavy atom. The fourth-order valence-corrected chi connectivity index (χ4v) is 1.73. The van der Waals surface area contributed by atoms with Crippen LogP contribution < -0.4 is 0 Å². The van der Waals surface area contributed by atoms with E-state index in [-0.39, 0.29) is 0 Å². The Bertz CT molecular complexity index is 480. The predicted molar refractivity (Wildman–Crippen MR) is 67.8 cm³/mol. The van der Waals surface area contributed by atoms with E-state index in [1.807, 2.05) is 6.92 Å². The van der Waals surface area contributed by atoms with Crippen LogP contribution in [0.25, 0.3) is 0 Å². The van der Waals surface area contributed by atoms with E-state index in [2.05, 4.69) is 44.0 Å². The minimum absolute atomic E-state index is 0.362. The van der Waals surface area contributed by atoms with E-state index in [1.54, 1.807) is 18.6 Å². The summed E-state index contributed by atoms with van der Waals surface area (Å²) in [5, 5.41) is 6.99. The van der Waals surface area contributed by atoms with Gasteiger partial charge in [-0.05, 0) is 20.9 Å². The van der Waals surface area contributed by atoms with Crippen molar-refractivity contribution in [1.29, 1.82) is 0 Å². The molecule has 0 fully saturated rings. The number of aryl methyl sites for hydroxylation is 1. The van der Waals surface area contributed by atoms with E-state index in [9.17, 15) is 0 Å². The molecule has 0 aliphatic heterocycles. The third-order valence-corrected chi connectivity index (χ3v) is 2.91. The number of aromatic amines is 1. The summed E-state index contributed by atoms with van der Waals surface area (Å²) in [6, 6.07) is 0.362. The molecule has 0 aliphatic carbocycles. The zero-order valence-corrected chi connectivity index (χ0v) is 11.0. The SMILES string of the molecule is Cc1nc(CN(C)[C@H](C)Cc2cnccn2)n[nH]1. The van der Waals surface area contributed by atoms with Gasteiger partial charge in [-0.2, -0.15) is 5.10 Å². The molecule has 0 amide bonds. The van der Waals surface area contributed by atoms with Gasteiger partial charge in [-0.15, -0.1) is 0 Å². The summed E-state index contributed by atoms with van der Waals surface area (Å²) in [6.07, 6.45) is 6.09. The van der Waals surface area contributed by atoms with Crippen LogP contribution in [-0.2, 0) is 13.0 Å². The molecule has 2 heterocycles. The highest BCUT2D eigenvalue weighted by Crippen LogP contribution is 2.06. The number of nitrogens with zero attached hydrogens (tertiary/aromatic N) is 5. The standard InChI is InChI=1S/C12H18N6/c1-9(6-11-7-13-4-5-14-11)18(3)8-12-15-10(2)16-17-12/h4-5,7,9H,6,8H2,1-3H3,(H,15,16,17)/t9-/m1/s1. The van der Waals surface area contributed by atoms with E-state index in [0.717, 1.165) is 30.3 Å². The van der Waals surface area contributed by atoms with Gasteiger partial charge in [0.05, 0.1) is 12.2 Å². The smallest absolute Gasteiger partial charge is 0.164 e. The molecule has 0 saturated carbocycles. The zero-order chi connectivity index (χ0) is 13.0. The Balaban J connectivity index is 1.90. The Morgan fingerprint density at radius 3 is 2.83 bits per heavy atom. The molecular weight excluding hydrogens is 228 g/mol. The number of aromatic nitrogens is 5. The molecule has 2 rings (SSSR count). The van der Waals surface area contributed by atoms with Crippen molar-refractivity contribution in [3.05, 3.63) is 35.9 Å². The largest absolute Gasteiger partial charge is 0.296 e. The first-order valence-electron chi connectivity index (χ1n) is 5.98. The summed E-state index contributed by atoms with van der Waals surface area (Å²) in [5.74, 6) is 1.67. The van der Waals surface area contributed by atoms with Crippen molar-refractivity contribution in [2.24, 2.45) is 0 Å². The maximum atomic E-state index is 4.30. The van der Waals surface area contributed by atoms with Crippen LogP contribution in [0.4, 0.5) is 0 Å². The van der Waals surface area contributed by atoms with Crippen molar-refractivity contribution in [3.8, 4) is 0 Å². The second-order valence-electron chi connectivity index (χ2n) is 4.50. The molecule has 6 nitrogen and oxygen atoms in total. The van der Waals surface area contributed by atoms with E-state index in [4.69, 9.17) is 0 Å². The third kappa shape index (κ3) is 3.33. The van der Waals surface area contributed by atoms with Crippen LogP contribution in [0.5, 0.6) is 0 Å². The molecule has 0 saturated heterocycles. The monoisotopic (exact) mass is 246 g/mol. The molecule has 0 aromatic carbocycles. The fourth-order valence-electron chi connectivity index (χ4n) is 1.73. The molecular formula is C12H18N6. The third-order valence-electron chi connectivity index (χ3n) is 2.91. The lowest BCUT2D eigenvalue weighted by Crippen LogP contribution is -2.31. The maximum absolute atomic E-state index is 4.30. The van der Waals surface area contributed by atoms with Crippen molar-refractivity contribution in [2.75, 3.05) is 7.05 Å². The number of hydrogen-bond acceptors (Lipinski definition) is 5. The minimum Gasteiger partial charge on any atom is -0.296 e. The van der Waals surface area contributed by atoms with Crippen LogP contribution in [0, 0.1) is 6.92 Å². The highest BCUT2D eigenvalue weighted by Gasteiger charge is 2.13. The number of rotatable bonds is 5. The van der Waals surface area contributed by atoms with Gasteiger partial charge in [-0.25, -0.2) is 4.98 Å². The average Bonchev–Trinajstić information content (AvgIpc) is 2.76. The molecule has 18 heavy (non-hydrogen) atoms. The van der Waals surface area contributed by atoms with E-state index < -0.39 is 0 Å². The highest BCUT2D eigenvalue weighted by molar-refractivity contribution is 4.97. The number of hydrogen-bond donors (Lipinski definition) is 1. The van der Waals surface area contributed by atoms with Crippen LogP contribution >= 0.6 is 0 Å². The van der Waals surface area contributed by atoms with E-state index >= 15 is 0 Å². The molecule has 6 heteroatoms. The van der Waals surface area contributed by atoms with Gasteiger partial charge in [0.15, 0.2) is 5.82 Å².